The van der Waals surface area contributed by atoms with E-state index in [1.165, 1.54) is 0 Å². The van der Waals surface area contributed by atoms with Gasteiger partial charge in [0.2, 0.25) is 0 Å². The second-order valence-electron chi connectivity index (χ2n) is 3.23. The number of pyridine rings is 1. The zero-order valence-corrected chi connectivity index (χ0v) is 9.40. The molecule has 0 saturated heterocycles. The fourth-order valence-corrected chi connectivity index (χ4v) is 1.17. The highest BCUT2D eigenvalue weighted by Crippen LogP contribution is 1.94. The molecule has 16 heavy (non-hydrogen) atoms. The van der Waals surface area contributed by atoms with Gasteiger partial charge in [0.25, 0.3) is 5.91 Å². The first-order chi connectivity index (χ1) is 7.84. The van der Waals surface area contributed by atoms with Crippen molar-refractivity contribution in [3.05, 3.63) is 30.1 Å². The molecule has 1 aromatic rings. The van der Waals surface area contributed by atoms with Gasteiger partial charge in [-0.25, -0.2) is 0 Å². The van der Waals surface area contributed by atoms with E-state index in [1.807, 2.05) is 0 Å². The monoisotopic (exact) mass is 223 g/mol. The van der Waals surface area contributed by atoms with Crippen LogP contribution in [-0.2, 0) is 4.74 Å². The third-order valence-electron chi connectivity index (χ3n) is 2.01. The molecule has 0 aliphatic heterocycles. The second kappa shape index (κ2) is 7.78. The summed E-state index contributed by atoms with van der Waals surface area (Å²) in [6.07, 6.45) is 3.21. The zero-order chi connectivity index (χ0) is 11.6. The number of carbonyl (C=O) groups excluding carboxylic acids is 1. The van der Waals surface area contributed by atoms with Gasteiger partial charge in [0.15, 0.2) is 0 Å². The predicted octanol–water partition coefficient (Wildman–Crippen LogP) is 0.0474. The summed E-state index contributed by atoms with van der Waals surface area (Å²) < 4.78 is 4.88. The lowest BCUT2D eigenvalue weighted by Crippen LogP contribution is -2.33. The molecule has 0 unspecified atom stereocenters. The van der Waals surface area contributed by atoms with Crippen molar-refractivity contribution in [2.24, 2.45) is 0 Å². The topological polar surface area (TPSA) is 63.2 Å². The van der Waals surface area contributed by atoms with Crippen LogP contribution in [0, 0.1) is 0 Å². The minimum atomic E-state index is -0.0732. The molecule has 0 spiro atoms. The molecule has 0 atom stereocenters. The van der Waals surface area contributed by atoms with Gasteiger partial charge in [-0.15, -0.1) is 0 Å². The molecule has 5 nitrogen and oxygen atoms in total. The highest BCUT2D eigenvalue weighted by molar-refractivity contribution is 5.93. The summed E-state index contributed by atoms with van der Waals surface area (Å²) in [7, 11) is 1.66. The Morgan fingerprint density at radius 3 is 2.75 bits per heavy atom. The molecule has 1 heterocycles. The average molecular weight is 223 g/mol. The minimum absolute atomic E-state index is 0.0732. The van der Waals surface area contributed by atoms with Crippen LogP contribution in [0.4, 0.5) is 0 Å². The fraction of sp³-hybridized carbons (Fsp3) is 0.455. The van der Waals surface area contributed by atoms with Gasteiger partial charge in [-0.2, -0.15) is 0 Å². The zero-order valence-electron chi connectivity index (χ0n) is 9.40. The molecular weight excluding hydrogens is 206 g/mol. The third-order valence-corrected chi connectivity index (χ3v) is 2.01. The maximum Gasteiger partial charge on any atom is 0.251 e. The molecule has 0 radical (unpaired) electrons. The minimum Gasteiger partial charge on any atom is -0.383 e. The lowest BCUT2D eigenvalue weighted by Gasteiger charge is -2.06. The van der Waals surface area contributed by atoms with Gasteiger partial charge in [-0.3, -0.25) is 9.78 Å². The van der Waals surface area contributed by atoms with E-state index in [0.717, 1.165) is 13.1 Å². The lowest BCUT2D eigenvalue weighted by molar-refractivity contribution is 0.0953. The average Bonchev–Trinajstić information content (AvgIpc) is 2.34. The summed E-state index contributed by atoms with van der Waals surface area (Å²) in [5.74, 6) is -0.0732. The molecule has 1 rings (SSSR count). The molecular formula is C11H17N3O2. The van der Waals surface area contributed by atoms with Crippen LogP contribution in [0.5, 0.6) is 0 Å². The van der Waals surface area contributed by atoms with E-state index >= 15 is 0 Å². The van der Waals surface area contributed by atoms with Crippen LogP contribution < -0.4 is 10.6 Å². The van der Waals surface area contributed by atoms with Crippen molar-refractivity contribution in [1.82, 2.24) is 15.6 Å². The van der Waals surface area contributed by atoms with Crippen molar-refractivity contribution in [3.63, 3.8) is 0 Å². The van der Waals surface area contributed by atoms with E-state index in [4.69, 9.17) is 4.74 Å². The Bertz CT molecular complexity index is 303. The van der Waals surface area contributed by atoms with Crippen LogP contribution in [0.15, 0.2) is 24.5 Å². The van der Waals surface area contributed by atoms with Crippen molar-refractivity contribution >= 4 is 5.91 Å². The van der Waals surface area contributed by atoms with Crippen molar-refractivity contribution in [1.29, 1.82) is 0 Å². The SMILES string of the molecule is COCCNCCNC(=O)c1ccncc1. The molecule has 0 aliphatic carbocycles. The van der Waals surface area contributed by atoms with E-state index in [-0.39, 0.29) is 5.91 Å². The van der Waals surface area contributed by atoms with Gasteiger partial charge in [0, 0.05) is 44.7 Å². The van der Waals surface area contributed by atoms with Crippen LogP contribution in [-0.4, -0.2) is 44.2 Å². The Balaban J connectivity index is 2.12. The smallest absolute Gasteiger partial charge is 0.251 e. The van der Waals surface area contributed by atoms with E-state index in [9.17, 15) is 4.79 Å². The number of hydrogen-bond acceptors (Lipinski definition) is 4. The van der Waals surface area contributed by atoms with Gasteiger partial charge in [0.1, 0.15) is 0 Å². The molecule has 1 aromatic heterocycles. The molecule has 88 valence electrons. The van der Waals surface area contributed by atoms with Gasteiger partial charge in [-0.05, 0) is 12.1 Å². The summed E-state index contributed by atoms with van der Waals surface area (Å²) in [6, 6.07) is 3.38. The normalized spacial score (nSPS) is 10.1. The number of nitrogens with one attached hydrogen (secondary N) is 2. The first-order valence-electron chi connectivity index (χ1n) is 5.22. The van der Waals surface area contributed by atoms with Gasteiger partial charge >= 0.3 is 0 Å². The van der Waals surface area contributed by atoms with Crippen LogP contribution in [0.25, 0.3) is 0 Å². The van der Waals surface area contributed by atoms with Crippen LogP contribution in [0.1, 0.15) is 10.4 Å². The Hall–Kier alpha value is -1.46. The predicted molar refractivity (Wildman–Crippen MR) is 61.3 cm³/mol. The number of hydrogen-bond donors (Lipinski definition) is 2. The van der Waals surface area contributed by atoms with E-state index in [1.54, 1.807) is 31.6 Å². The van der Waals surface area contributed by atoms with Crippen molar-refractivity contribution < 1.29 is 9.53 Å². The summed E-state index contributed by atoms with van der Waals surface area (Å²) in [5.41, 5.74) is 0.631. The Morgan fingerprint density at radius 2 is 2.06 bits per heavy atom. The molecule has 0 bridgehead atoms. The van der Waals surface area contributed by atoms with Crippen LogP contribution in [0.3, 0.4) is 0 Å². The molecule has 5 heteroatoms. The van der Waals surface area contributed by atoms with Crippen LogP contribution in [0.2, 0.25) is 0 Å². The van der Waals surface area contributed by atoms with Gasteiger partial charge in [0.05, 0.1) is 6.61 Å². The highest BCUT2D eigenvalue weighted by Gasteiger charge is 2.02. The highest BCUT2D eigenvalue weighted by atomic mass is 16.5. The Labute approximate surface area is 95.2 Å². The van der Waals surface area contributed by atoms with E-state index < -0.39 is 0 Å². The standard InChI is InChI=1S/C11H17N3O2/c1-16-9-8-13-6-7-14-11(15)10-2-4-12-5-3-10/h2-5,13H,6-9H2,1H3,(H,14,15). The summed E-state index contributed by atoms with van der Waals surface area (Å²) in [5, 5.41) is 5.95. The largest absolute Gasteiger partial charge is 0.383 e. The summed E-state index contributed by atoms with van der Waals surface area (Å²) in [6.45, 7) is 2.81. The number of aromatic nitrogens is 1. The first-order valence-corrected chi connectivity index (χ1v) is 5.22. The second-order valence-corrected chi connectivity index (χ2v) is 3.23. The Morgan fingerprint density at radius 1 is 1.31 bits per heavy atom. The number of nitrogens with zero attached hydrogens (tertiary/aromatic N) is 1. The molecule has 0 fully saturated rings. The summed E-state index contributed by atoms with van der Waals surface area (Å²) >= 11 is 0. The fourth-order valence-electron chi connectivity index (χ4n) is 1.17. The molecule has 0 saturated carbocycles. The number of amides is 1. The maximum absolute atomic E-state index is 11.5. The number of ether oxygens (including phenoxy) is 1. The van der Waals surface area contributed by atoms with Crippen LogP contribution >= 0.6 is 0 Å². The summed E-state index contributed by atoms with van der Waals surface area (Å²) in [4.78, 5) is 15.4. The van der Waals surface area contributed by atoms with Crippen molar-refractivity contribution in [2.45, 2.75) is 0 Å². The first kappa shape index (κ1) is 12.6. The lowest BCUT2D eigenvalue weighted by atomic mass is 10.2. The van der Waals surface area contributed by atoms with E-state index in [2.05, 4.69) is 15.6 Å². The number of methoxy groups -OCH3 is 1. The molecule has 0 aliphatic rings. The van der Waals surface area contributed by atoms with E-state index in [0.29, 0.717) is 18.7 Å². The number of rotatable bonds is 7. The van der Waals surface area contributed by atoms with Gasteiger partial charge < -0.3 is 15.4 Å². The van der Waals surface area contributed by atoms with Crippen molar-refractivity contribution in [2.75, 3.05) is 33.4 Å². The third kappa shape index (κ3) is 4.86. The maximum atomic E-state index is 11.5. The molecule has 0 aromatic carbocycles. The quantitative estimate of drug-likeness (QED) is 0.641. The van der Waals surface area contributed by atoms with Gasteiger partial charge in [-0.1, -0.05) is 0 Å². The Kier molecular flexibility index (Phi) is 6.13. The number of carbonyl (C=O) groups is 1. The van der Waals surface area contributed by atoms with Crippen molar-refractivity contribution in [3.8, 4) is 0 Å². The molecule has 2 N–H and O–H groups in total. The molecule has 1 amide bonds.